The van der Waals surface area contributed by atoms with Gasteiger partial charge in [-0.05, 0) is 0 Å². The van der Waals surface area contributed by atoms with Crippen molar-refractivity contribution in [2.45, 2.75) is 6.82 Å². The average molecular weight is 79.3 g/mol. The van der Waals surface area contributed by atoms with Crippen LogP contribution in [0.15, 0.2) is 0 Å². The van der Waals surface area contributed by atoms with Crippen molar-refractivity contribution in [3.63, 3.8) is 0 Å². The number of hydrogen-bond donors (Lipinski definition) is 0. The van der Waals surface area contributed by atoms with Crippen molar-refractivity contribution in [1.29, 1.82) is 0 Å². The third-order valence-electron chi connectivity index (χ3n) is 0.553. The Morgan fingerprint density at radius 1 is 1.67 bits per heavy atom. The molecule has 0 rings (SSSR count). The lowest BCUT2D eigenvalue weighted by Crippen LogP contribution is -2.08. The average Bonchev–Trinajstić information content (AvgIpc) is 1.61. The molecule has 0 saturated carbocycles. The summed E-state index contributed by atoms with van der Waals surface area (Å²) in [6.07, 6.45) is 0. The quantitative estimate of drug-likeness (QED) is 0.272. The highest BCUT2D eigenvalue weighted by Crippen LogP contribution is 1.56. The molecule has 30 valence electrons. The van der Waals surface area contributed by atoms with Gasteiger partial charge in [-0.15, -0.1) is 0 Å². The molecule has 0 saturated heterocycles. The van der Waals surface area contributed by atoms with Gasteiger partial charge in [0.15, 0.2) is 0 Å². The molecule has 6 heavy (non-hydrogen) atoms. The Morgan fingerprint density at radius 2 is 2.33 bits per heavy atom. The fourth-order valence-corrected chi connectivity index (χ4v) is 0.289. The Hall–Kier alpha value is 0.220. The predicted molar refractivity (Wildman–Crippen MR) is 36.9 cm³/mol. The first-order chi connectivity index (χ1) is 2.91. The maximum absolute atomic E-state index is 4.98. The summed E-state index contributed by atoms with van der Waals surface area (Å²) in [6, 6.07) is 0. The minimum Gasteiger partial charge on any atom is -0.516 e. The van der Waals surface area contributed by atoms with Crippen molar-refractivity contribution in [2.24, 2.45) is 0 Å². The molecule has 0 aromatic carbocycles. The summed E-state index contributed by atoms with van der Waals surface area (Å²) >= 11 is 0. The lowest BCUT2D eigenvalue weighted by atomic mass is 9.50. The third kappa shape index (κ3) is 4.22. The third-order valence-corrected chi connectivity index (χ3v) is 0.553. The standard InChI is InChI=1S/CH8B4O/c1-3-5-6-4-2/h3-5H,2H2,1H3. The van der Waals surface area contributed by atoms with Crippen LogP contribution in [0.2, 0.25) is 6.82 Å². The van der Waals surface area contributed by atoms with Crippen molar-refractivity contribution in [3.8, 4) is 0 Å². The van der Waals surface area contributed by atoms with Gasteiger partial charge in [0, 0.05) is 0 Å². The lowest BCUT2D eigenvalue weighted by Gasteiger charge is -1.87. The Balaban J connectivity index is 2.34. The normalized spacial score (nSPS) is 6.83. The minimum atomic E-state index is 0.855. The van der Waals surface area contributed by atoms with Gasteiger partial charge in [-0.2, -0.15) is 0 Å². The summed E-state index contributed by atoms with van der Waals surface area (Å²) in [5.41, 5.74) is 0. The van der Waals surface area contributed by atoms with Crippen LogP contribution in [0.4, 0.5) is 0 Å². The monoisotopic (exact) mass is 80.1 g/mol. The van der Waals surface area contributed by atoms with E-state index in [1.54, 1.807) is 0 Å². The second kappa shape index (κ2) is 5.22. The molecule has 0 aliphatic heterocycles. The molecule has 0 aromatic heterocycles. The molecule has 0 N–H and O–H groups in total. The molecule has 0 unspecified atom stereocenters. The van der Waals surface area contributed by atoms with Gasteiger partial charge >= 0.3 is 0 Å². The first kappa shape index (κ1) is 6.22. The van der Waals surface area contributed by atoms with Crippen LogP contribution < -0.4 is 0 Å². The van der Waals surface area contributed by atoms with E-state index in [1.165, 1.54) is 0 Å². The first-order valence-electron chi connectivity index (χ1n) is 2.49. The zero-order chi connectivity index (χ0) is 4.83. The van der Waals surface area contributed by atoms with Crippen molar-refractivity contribution >= 4 is 29.7 Å². The molecule has 0 bridgehead atoms. The van der Waals surface area contributed by atoms with Crippen LogP contribution in [-0.4, -0.2) is 29.7 Å². The van der Waals surface area contributed by atoms with Crippen LogP contribution >= 0.6 is 0 Å². The van der Waals surface area contributed by atoms with E-state index in [9.17, 15) is 0 Å². The van der Waals surface area contributed by atoms with Crippen molar-refractivity contribution < 1.29 is 4.57 Å². The van der Waals surface area contributed by atoms with Crippen molar-refractivity contribution in [3.05, 3.63) is 0 Å². The Labute approximate surface area is 42.0 Å². The molecule has 5 heteroatoms. The van der Waals surface area contributed by atoms with Gasteiger partial charge in [-0.1, -0.05) is 6.82 Å². The second-order valence-electron chi connectivity index (χ2n) is 1.20. The number of hydrogen-bond acceptors (Lipinski definition) is 1. The largest absolute Gasteiger partial charge is 0.516 e. The van der Waals surface area contributed by atoms with Gasteiger partial charge in [0.25, 0.3) is 0 Å². The maximum Gasteiger partial charge on any atom is 0.212 e. The second-order valence-corrected chi connectivity index (χ2v) is 1.20. The summed E-state index contributed by atoms with van der Waals surface area (Å²) < 4.78 is 4.98. The molecule has 1 nitrogen and oxygen atoms in total. The lowest BCUT2D eigenvalue weighted by molar-refractivity contribution is 0.675. The molecular weight excluding hydrogens is 71.3 g/mol. The first-order valence-corrected chi connectivity index (χ1v) is 2.49. The van der Waals surface area contributed by atoms with Crippen LogP contribution in [0.1, 0.15) is 0 Å². The van der Waals surface area contributed by atoms with E-state index in [0.717, 1.165) is 21.9 Å². The highest BCUT2D eigenvalue weighted by molar-refractivity contribution is 7.01. The molecule has 0 heterocycles. The van der Waals surface area contributed by atoms with E-state index in [-0.39, 0.29) is 0 Å². The molecule has 0 spiro atoms. The topological polar surface area (TPSA) is 9.23 Å². The van der Waals surface area contributed by atoms with E-state index >= 15 is 0 Å². The van der Waals surface area contributed by atoms with E-state index in [1.807, 2.05) is 7.74 Å². The van der Waals surface area contributed by atoms with Crippen molar-refractivity contribution in [1.82, 2.24) is 0 Å². The van der Waals surface area contributed by atoms with Gasteiger partial charge < -0.3 is 4.57 Å². The fraction of sp³-hybridized carbons (Fsp3) is 1.00. The van der Waals surface area contributed by atoms with E-state index in [0.29, 0.717) is 0 Å². The highest BCUT2D eigenvalue weighted by Gasteiger charge is 1.81. The molecule has 0 atom stereocenters. The van der Waals surface area contributed by atoms with Crippen molar-refractivity contribution in [2.75, 3.05) is 0 Å². The fourth-order valence-electron chi connectivity index (χ4n) is 0.289. The summed E-state index contributed by atoms with van der Waals surface area (Å²) in [7, 11) is 4.91. The predicted octanol–water partition coefficient (Wildman–Crippen LogP) is -2.35. The summed E-state index contributed by atoms with van der Waals surface area (Å²) in [6.45, 7) is 2.11. The molecule has 0 amide bonds. The van der Waals surface area contributed by atoms with E-state index in [2.05, 4.69) is 6.82 Å². The highest BCUT2D eigenvalue weighted by atomic mass is 16.4. The zero-order valence-corrected chi connectivity index (χ0v) is 4.53. The van der Waals surface area contributed by atoms with Gasteiger partial charge in [-0.3, -0.25) is 0 Å². The zero-order valence-electron chi connectivity index (χ0n) is 4.53. The summed E-state index contributed by atoms with van der Waals surface area (Å²) in [5.74, 6) is 0. The van der Waals surface area contributed by atoms with Gasteiger partial charge in [-0.25, -0.2) is 0 Å². The molecule has 0 aromatic rings. The number of rotatable bonds is 3. The Kier molecular flexibility index (Phi) is 5.41. The summed E-state index contributed by atoms with van der Waals surface area (Å²) in [5, 5.41) is 0. The molecule has 0 aliphatic carbocycles. The van der Waals surface area contributed by atoms with Gasteiger partial charge in [0.05, 0.1) is 0 Å². The van der Waals surface area contributed by atoms with Crippen LogP contribution in [0, 0.1) is 0 Å². The molecular formula is CH8B4O. The van der Waals surface area contributed by atoms with Crippen LogP contribution in [-0.2, 0) is 4.57 Å². The van der Waals surface area contributed by atoms with E-state index < -0.39 is 0 Å². The smallest absolute Gasteiger partial charge is 0.212 e. The van der Waals surface area contributed by atoms with Crippen LogP contribution in [0.25, 0.3) is 0 Å². The van der Waals surface area contributed by atoms with E-state index in [4.69, 9.17) is 4.57 Å². The minimum absolute atomic E-state index is 0.855. The SMILES string of the molecule is BBOBBC. The maximum atomic E-state index is 4.98. The molecule has 0 radical (unpaired) electrons. The molecule has 0 aliphatic rings. The van der Waals surface area contributed by atoms with Gasteiger partial charge in [0.1, 0.15) is 14.9 Å². The molecule has 0 fully saturated rings. The Morgan fingerprint density at radius 3 is 2.50 bits per heavy atom. The van der Waals surface area contributed by atoms with Gasteiger partial charge in [0.2, 0.25) is 14.7 Å². The van der Waals surface area contributed by atoms with Crippen LogP contribution in [0.3, 0.4) is 0 Å². The van der Waals surface area contributed by atoms with Crippen LogP contribution in [0.5, 0.6) is 0 Å². The Bertz CT molecular complexity index is 19.5. The summed E-state index contributed by atoms with van der Waals surface area (Å²) in [4.78, 5) is 0.